The molecule has 0 saturated heterocycles. The summed E-state index contributed by atoms with van der Waals surface area (Å²) in [5, 5.41) is -3.69. The molecular weight excluding hydrogens is 140 g/mol. The number of hydrogen-bond acceptors (Lipinski definition) is 0. The number of alkyl halides is 4. The van der Waals surface area contributed by atoms with Gasteiger partial charge >= 0.3 is 5.38 Å². The lowest BCUT2D eigenvalue weighted by Crippen LogP contribution is -2.21. The first kappa shape index (κ1) is 8.08. The Hall–Kier alpha value is 0.0800. The van der Waals surface area contributed by atoms with E-state index < -0.39 is 11.6 Å². The first-order chi connectivity index (χ1) is 3.48. The number of rotatable bonds is 2. The van der Waals surface area contributed by atoms with E-state index in [1.165, 1.54) is 6.92 Å². The van der Waals surface area contributed by atoms with Gasteiger partial charge in [0, 0.05) is 0 Å². The molecule has 0 aliphatic rings. The van der Waals surface area contributed by atoms with Crippen LogP contribution in [0.3, 0.4) is 0 Å². The minimum atomic E-state index is -3.69. The molecular formula is C4H6ClF3. The lowest BCUT2D eigenvalue weighted by Gasteiger charge is -2.09. The molecule has 0 aromatic rings. The zero-order chi connectivity index (χ0) is 6.78. The Balaban J connectivity index is 3.62. The molecule has 1 atom stereocenters. The molecule has 0 aromatic carbocycles. The van der Waals surface area contributed by atoms with Crippen molar-refractivity contribution in [1.82, 2.24) is 0 Å². The standard InChI is InChI=1S/C4H6ClF3/c1-2-3(6)4(5,7)8/h3H,2H2,1H3. The van der Waals surface area contributed by atoms with Gasteiger partial charge in [0.05, 0.1) is 0 Å². The predicted octanol–water partition coefficient (Wildman–Crippen LogP) is 2.57. The average Bonchev–Trinajstić information content (AvgIpc) is 1.62. The van der Waals surface area contributed by atoms with Gasteiger partial charge in [-0.25, -0.2) is 4.39 Å². The summed E-state index contributed by atoms with van der Waals surface area (Å²) in [6, 6.07) is 0. The van der Waals surface area contributed by atoms with Crippen molar-refractivity contribution in [3.63, 3.8) is 0 Å². The highest BCUT2D eigenvalue weighted by Crippen LogP contribution is 2.27. The first-order valence-electron chi connectivity index (χ1n) is 2.19. The van der Waals surface area contributed by atoms with Gasteiger partial charge < -0.3 is 0 Å². The predicted molar refractivity (Wildman–Crippen MR) is 26.0 cm³/mol. The van der Waals surface area contributed by atoms with E-state index in [4.69, 9.17) is 0 Å². The minimum Gasteiger partial charge on any atom is -0.239 e. The van der Waals surface area contributed by atoms with Crippen molar-refractivity contribution in [2.24, 2.45) is 0 Å². The van der Waals surface area contributed by atoms with Crippen LogP contribution in [0.2, 0.25) is 0 Å². The molecule has 0 N–H and O–H groups in total. The molecule has 4 heteroatoms. The molecule has 0 fully saturated rings. The lowest BCUT2D eigenvalue weighted by atomic mass is 10.3. The molecule has 0 saturated carbocycles. The van der Waals surface area contributed by atoms with Gasteiger partial charge in [-0.3, -0.25) is 0 Å². The van der Waals surface area contributed by atoms with Gasteiger partial charge in [-0.05, 0) is 18.0 Å². The first-order valence-corrected chi connectivity index (χ1v) is 2.57. The van der Waals surface area contributed by atoms with Crippen LogP contribution >= 0.6 is 11.6 Å². The van der Waals surface area contributed by atoms with Crippen molar-refractivity contribution in [2.45, 2.75) is 24.9 Å². The van der Waals surface area contributed by atoms with Crippen LogP contribution in [0.15, 0.2) is 0 Å². The second kappa shape index (κ2) is 2.58. The third-order valence-corrected chi connectivity index (χ3v) is 0.950. The van der Waals surface area contributed by atoms with Gasteiger partial charge in [-0.2, -0.15) is 8.78 Å². The molecule has 0 heterocycles. The summed E-state index contributed by atoms with van der Waals surface area (Å²) in [5.41, 5.74) is 0. The van der Waals surface area contributed by atoms with Crippen molar-refractivity contribution < 1.29 is 13.2 Å². The highest BCUT2D eigenvalue weighted by molar-refractivity contribution is 6.22. The Morgan fingerprint density at radius 1 is 1.62 bits per heavy atom. The molecule has 0 aliphatic carbocycles. The van der Waals surface area contributed by atoms with Crippen LogP contribution in [-0.2, 0) is 0 Å². The smallest absolute Gasteiger partial charge is 0.239 e. The fourth-order valence-electron chi connectivity index (χ4n) is 0.231. The summed E-state index contributed by atoms with van der Waals surface area (Å²) in [4.78, 5) is 0. The Morgan fingerprint density at radius 2 is 2.00 bits per heavy atom. The van der Waals surface area contributed by atoms with Gasteiger partial charge in [0.15, 0.2) is 6.17 Å². The number of hydrogen-bond donors (Lipinski definition) is 0. The molecule has 50 valence electrons. The lowest BCUT2D eigenvalue weighted by molar-refractivity contribution is 0.00525. The summed E-state index contributed by atoms with van der Waals surface area (Å²) in [6.45, 7) is 1.31. The van der Waals surface area contributed by atoms with E-state index in [0.717, 1.165) is 0 Å². The third-order valence-electron chi connectivity index (χ3n) is 0.714. The molecule has 8 heavy (non-hydrogen) atoms. The monoisotopic (exact) mass is 146 g/mol. The van der Waals surface area contributed by atoms with Crippen LogP contribution in [0, 0.1) is 0 Å². The van der Waals surface area contributed by atoms with E-state index in [-0.39, 0.29) is 6.42 Å². The van der Waals surface area contributed by atoms with Crippen molar-refractivity contribution in [3.8, 4) is 0 Å². The van der Waals surface area contributed by atoms with Crippen molar-refractivity contribution in [1.29, 1.82) is 0 Å². The summed E-state index contributed by atoms with van der Waals surface area (Å²) >= 11 is 4.28. The summed E-state index contributed by atoms with van der Waals surface area (Å²) < 4.78 is 34.8. The second-order valence-corrected chi connectivity index (χ2v) is 1.92. The van der Waals surface area contributed by atoms with Crippen molar-refractivity contribution in [2.75, 3.05) is 0 Å². The Bertz CT molecular complexity index is 68.2. The van der Waals surface area contributed by atoms with Crippen molar-refractivity contribution in [3.05, 3.63) is 0 Å². The fraction of sp³-hybridized carbons (Fsp3) is 1.00. The third kappa shape index (κ3) is 2.40. The maximum atomic E-state index is 11.8. The molecule has 0 nitrogen and oxygen atoms in total. The second-order valence-electron chi connectivity index (χ2n) is 1.42. The van der Waals surface area contributed by atoms with Gasteiger partial charge in [0.1, 0.15) is 0 Å². The van der Waals surface area contributed by atoms with Crippen LogP contribution < -0.4 is 0 Å². The average molecular weight is 147 g/mol. The van der Waals surface area contributed by atoms with Gasteiger partial charge in [-0.1, -0.05) is 6.92 Å². The van der Waals surface area contributed by atoms with Gasteiger partial charge in [0.25, 0.3) is 0 Å². The van der Waals surface area contributed by atoms with Crippen molar-refractivity contribution >= 4 is 11.6 Å². The topological polar surface area (TPSA) is 0 Å². The van der Waals surface area contributed by atoms with Gasteiger partial charge in [0.2, 0.25) is 0 Å². The summed E-state index contributed by atoms with van der Waals surface area (Å²) in [6.07, 6.45) is -2.47. The molecule has 0 radical (unpaired) electrons. The van der Waals surface area contributed by atoms with Gasteiger partial charge in [-0.15, -0.1) is 0 Å². The quantitative estimate of drug-likeness (QED) is 0.526. The van der Waals surface area contributed by atoms with Crippen LogP contribution in [-0.4, -0.2) is 11.6 Å². The minimum absolute atomic E-state index is 0.253. The Kier molecular flexibility index (Phi) is 2.60. The highest BCUT2D eigenvalue weighted by Gasteiger charge is 2.35. The maximum Gasteiger partial charge on any atom is 0.352 e. The van der Waals surface area contributed by atoms with E-state index in [9.17, 15) is 13.2 Å². The normalized spacial score (nSPS) is 16.1. The molecule has 0 aromatic heterocycles. The highest BCUT2D eigenvalue weighted by atomic mass is 35.5. The molecule has 0 aliphatic heterocycles. The van der Waals surface area contributed by atoms with E-state index in [1.54, 1.807) is 0 Å². The van der Waals surface area contributed by atoms with Crippen LogP contribution in [0.1, 0.15) is 13.3 Å². The molecule has 0 spiro atoms. The van der Waals surface area contributed by atoms with E-state index in [2.05, 4.69) is 11.6 Å². The molecule has 0 rings (SSSR count). The maximum absolute atomic E-state index is 11.8. The largest absolute Gasteiger partial charge is 0.352 e. The Labute approximate surface area is 50.6 Å². The molecule has 1 unspecified atom stereocenters. The van der Waals surface area contributed by atoms with Crippen LogP contribution in [0.4, 0.5) is 13.2 Å². The SMILES string of the molecule is CCC(F)C(F)(F)Cl. The number of halogens is 4. The summed E-state index contributed by atoms with van der Waals surface area (Å²) in [5.74, 6) is 0. The zero-order valence-electron chi connectivity index (χ0n) is 4.30. The van der Waals surface area contributed by atoms with Crippen LogP contribution in [0.5, 0.6) is 0 Å². The molecule has 0 bridgehead atoms. The van der Waals surface area contributed by atoms with Crippen LogP contribution in [0.25, 0.3) is 0 Å². The Morgan fingerprint density at radius 3 is 2.00 bits per heavy atom. The zero-order valence-corrected chi connectivity index (χ0v) is 5.05. The fourth-order valence-corrected chi connectivity index (χ4v) is 0.386. The van der Waals surface area contributed by atoms with E-state index in [1.807, 2.05) is 0 Å². The molecule has 0 amide bonds. The summed E-state index contributed by atoms with van der Waals surface area (Å²) in [7, 11) is 0. The van der Waals surface area contributed by atoms with E-state index >= 15 is 0 Å². The van der Waals surface area contributed by atoms with E-state index in [0.29, 0.717) is 0 Å².